The first kappa shape index (κ1) is 14.8. The molecule has 0 bridgehead atoms. The molecular formula is C17H22N4O. The molecule has 2 aromatic rings. The Kier molecular flexibility index (Phi) is 4.85. The number of benzene rings is 1. The van der Waals surface area contributed by atoms with Crippen LogP contribution in [-0.2, 0) is 6.54 Å². The van der Waals surface area contributed by atoms with Crippen molar-refractivity contribution in [2.24, 2.45) is 0 Å². The molecule has 1 fully saturated rings. The number of hydrogen-bond donors (Lipinski definition) is 1. The molecule has 0 saturated carbocycles. The second-order valence-corrected chi connectivity index (χ2v) is 5.56. The molecular weight excluding hydrogens is 276 g/mol. The largest absolute Gasteiger partial charge is 0.496 e. The van der Waals surface area contributed by atoms with Gasteiger partial charge < -0.3 is 15.0 Å². The maximum Gasteiger partial charge on any atom is 0.151 e. The highest BCUT2D eigenvalue weighted by Crippen LogP contribution is 2.19. The predicted molar refractivity (Wildman–Crippen MR) is 87.1 cm³/mol. The van der Waals surface area contributed by atoms with E-state index in [4.69, 9.17) is 4.74 Å². The summed E-state index contributed by atoms with van der Waals surface area (Å²) in [7, 11) is 1.72. The fourth-order valence-electron chi connectivity index (χ4n) is 2.92. The van der Waals surface area contributed by atoms with Crippen LogP contribution in [0.3, 0.4) is 0 Å². The van der Waals surface area contributed by atoms with Gasteiger partial charge in [-0.05, 0) is 31.0 Å². The summed E-state index contributed by atoms with van der Waals surface area (Å²) in [6, 6.07) is 12.6. The van der Waals surface area contributed by atoms with Crippen molar-refractivity contribution in [3.63, 3.8) is 0 Å². The Morgan fingerprint density at radius 3 is 3.00 bits per heavy atom. The standard InChI is InChI=1S/C17H22N4O/c1-22-16-8-3-2-6-14(16)12-18-15-7-5-11-21(13-15)17-9-4-10-19-20-17/h2-4,6,8-10,15,18H,5,7,11-13H2,1H3/t15-/m0/s1. The number of anilines is 1. The summed E-state index contributed by atoms with van der Waals surface area (Å²) in [4.78, 5) is 2.30. The summed E-state index contributed by atoms with van der Waals surface area (Å²) in [5.41, 5.74) is 1.20. The molecule has 0 radical (unpaired) electrons. The second kappa shape index (κ2) is 7.22. The van der Waals surface area contributed by atoms with Gasteiger partial charge in [0.05, 0.1) is 7.11 Å². The van der Waals surface area contributed by atoms with Crippen LogP contribution in [0, 0.1) is 0 Å². The zero-order valence-electron chi connectivity index (χ0n) is 12.9. The van der Waals surface area contributed by atoms with Crippen LogP contribution in [0.25, 0.3) is 0 Å². The molecule has 2 heterocycles. The maximum absolute atomic E-state index is 5.41. The van der Waals surface area contributed by atoms with Crippen LogP contribution in [0.4, 0.5) is 5.82 Å². The summed E-state index contributed by atoms with van der Waals surface area (Å²) in [5, 5.41) is 11.8. The quantitative estimate of drug-likeness (QED) is 0.917. The van der Waals surface area contributed by atoms with Crippen molar-refractivity contribution in [1.82, 2.24) is 15.5 Å². The fourth-order valence-corrected chi connectivity index (χ4v) is 2.92. The minimum atomic E-state index is 0.459. The zero-order chi connectivity index (χ0) is 15.2. The number of aromatic nitrogens is 2. The lowest BCUT2D eigenvalue weighted by Gasteiger charge is -2.33. The Morgan fingerprint density at radius 2 is 2.18 bits per heavy atom. The lowest BCUT2D eigenvalue weighted by molar-refractivity contribution is 0.394. The Bertz CT molecular complexity index is 590. The van der Waals surface area contributed by atoms with E-state index in [1.165, 1.54) is 18.4 Å². The van der Waals surface area contributed by atoms with Crippen LogP contribution in [0.5, 0.6) is 5.75 Å². The van der Waals surface area contributed by atoms with Gasteiger partial charge in [-0.3, -0.25) is 0 Å². The molecule has 1 aromatic carbocycles. The van der Waals surface area contributed by atoms with Crippen molar-refractivity contribution in [2.75, 3.05) is 25.1 Å². The summed E-state index contributed by atoms with van der Waals surface area (Å²) in [6.45, 7) is 2.84. The number of piperidine rings is 1. The van der Waals surface area contributed by atoms with E-state index in [0.717, 1.165) is 31.2 Å². The van der Waals surface area contributed by atoms with E-state index in [1.54, 1.807) is 13.3 Å². The first-order valence-electron chi connectivity index (χ1n) is 7.75. The third kappa shape index (κ3) is 3.54. The highest BCUT2D eigenvalue weighted by Gasteiger charge is 2.20. The van der Waals surface area contributed by atoms with E-state index in [-0.39, 0.29) is 0 Å². The minimum Gasteiger partial charge on any atom is -0.496 e. The molecule has 3 rings (SSSR count). The third-order valence-electron chi connectivity index (χ3n) is 4.08. The van der Waals surface area contributed by atoms with Crippen molar-refractivity contribution in [2.45, 2.75) is 25.4 Å². The van der Waals surface area contributed by atoms with Gasteiger partial charge in [-0.1, -0.05) is 18.2 Å². The van der Waals surface area contributed by atoms with Crippen molar-refractivity contribution >= 4 is 5.82 Å². The zero-order valence-corrected chi connectivity index (χ0v) is 12.9. The third-order valence-corrected chi connectivity index (χ3v) is 4.08. The SMILES string of the molecule is COc1ccccc1CN[C@H]1CCCN(c2cccnn2)C1. The van der Waals surface area contributed by atoms with Gasteiger partial charge in [0.1, 0.15) is 5.75 Å². The van der Waals surface area contributed by atoms with Crippen molar-refractivity contribution in [3.8, 4) is 5.75 Å². The van der Waals surface area contributed by atoms with Gasteiger partial charge in [0.15, 0.2) is 5.82 Å². The van der Waals surface area contributed by atoms with Gasteiger partial charge in [0, 0.05) is 37.4 Å². The molecule has 0 aliphatic carbocycles. The van der Waals surface area contributed by atoms with Crippen LogP contribution in [-0.4, -0.2) is 36.4 Å². The molecule has 1 aromatic heterocycles. The topological polar surface area (TPSA) is 50.3 Å². The lowest BCUT2D eigenvalue weighted by Crippen LogP contribution is -2.45. The minimum absolute atomic E-state index is 0.459. The number of methoxy groups -OCH3 is 1. The molecule has 0 unspecified atom stereocenters. The molecule has 5 nitrogen and oxygen atoms in total. The van der Waals surface area contributed by atoms with Gasteiger partial charge in [-0.25, -0.2) is 0 Å². The maximum atomic E-state index is 5.41. The smallest absolute Gasteiger partial charge is 0.151 e. The first-order chi connectivity index (χ1) is 10.9. The van der Waals surface area contributed by atoms with Crippen LogP contribution in [0.2, 0.25) is 0 Å². The van der Waals surface area contributed by atoms with E-state index in [9.17, 15) is 0 Å². The van der Waals surface area contributed by atoms with E-state index in [1.807, 2.05) is 30.3 Å². The van der Waals surface area contributed by atoms with Gasteiger partial charge >= 0.3 is 0 Å². The van der Waals surface area contributed by atoms with Crippen LogP contribution >= 0.6 is 0 Å². The molecule has 1 aliphatic heterocycles. The number of rotatable bonds is 5. The highest BCUT2D eigenvalue weighted by molar-refractivity contribution is 5.37. The number of hydrogen-bond acceptors (Lipinski definition) is 5. The van der Waals surface area contributed by atoms with Crippen molar-refractivity contribution < 1.29 is 4.74 Å². The molecule has 0 spiro atoms. The molecule has 1 aliphatic rings. The normalized spacial score (nSPS) is 18.2. The lowest BCUT2D eigenvalue weighted by atomic mass is 10.0. The molecule has 0 amide bonds. The molecule has 116 valence electrons. The predicted octanol–water partition coefficient (Wildman–Crippen LogP) is 2.24. The van der Waals surface area contributed by atoms with E-state index < -0.39 is 0 Å². The number of nitrogens with one attached hydrogen (secondary N) is 1. The number of ether oxygens (including phenoxy) is 1. The number of para-hydroxylation sites is 1. The van der Waals surface area contributed by atoms with Crippen molar-refractivity contribution in [1.29, 1.82) is 0 Å². The van der Waals surface area contributed by atoms with Crippen LogP contribution in [0.1, 0.15) is 18.4 Å². The van der Waals surface area contributed by atoms with Gasteiger partial charge in [0.2, 0.25) is 0 Å². The molecule has 1 N–H and O–H groups in total. The first-order valence-corrected chi connectivity index (χ1v) is 7.75. The highest BCUT2D eigenvalue weighted by atomic mass is 16.5. The molecule has 22 heavy (non-hydrogen) atoms. The van der Waals surface area contributed by atoms with Gasteiger partial charge in [-0.15, -0.1) is 5.10 Å². The fraction of sp³-hybridized carbons (Fsp3) is 0.412. The second-order valence-electron chi connectivity index (χ2n) is 5.56. The Morgan fingerprint density at radius 1 is 1.27 bits per heavy atom. The Hall–Kier alpha value is -2.14. The summed E-state index contributed by atoms with van der Waals surface area (Å²) in [5.74, 6) is 1.91. The van der Waals surface area contributed by atoms with Crippen LogP contribution in [0.15, 0.2) is 42.6 Å². The van der Waals surface area contributed by atoms with E-state index in [2.05, 4.69) is 26.5 Å². The average molecular weight is 298 g/mol. The van der Waals surface area contributed by atoms with E-state index in [0.29, 0.717) is 6.04 Å². The summed E-state index contributed by atoms with van der Waals surface area (Å²) < 4.78 is 5.41. The molecule has 5 heteroatoms. The Labute approximate surface area is 131 Å². The Balaban J connectivity index is 1.59. The summed E-state index contributed by atoms with van der Waals surface area (Å²) >= 11 is 0. The van der Waals surface area contributed by atoms with Gasteiger partial charge in [0.25, 0.3) is 0 Å². The summed E-state index contributed by atoms with van der Waals surface area (Å²) in [6.07, 6.45) is 4.07. The van der Waals surface area contributed by atoms with E-state index >= 15 is 0 Å². The average Bonchev–Trinajstić information content (AvgIpc) is 2.61. The molecule has 1 saturated heterocycles. The number of nitrogens with zero attached hydrogens (tertiary/aromatic N) is 3. The van der Waals surface area contributed by atoms with Gasteiger partial charge in [-0.2, -0.15) is 5.10 Å². The molecule has 1 atom stereocenters. The van der Waals surface area contributed by atoms with Crippen molar-refractivity contribution in [3.05, 3.63) is 48.2 Å². The monoisotopic (exact) mass is 298 g/mol. The van der Waals surface area contributed by atoms with Crippen LogP contribution < -0.4 is 15.0 Å².